The summed E-state index contributed by atoms with van der Waals surface area (Å²) in [7, 11) is 1.64. The monoisotopic (exact) mass is 376 g/mol. The second kappa shape index (κ2) is 10.1. The number of nitrogens with zero attached hydrogens (tertiary/aromatic N) is 2. The summed E-state index contributed by atoms with van der Waals surface area (Å²) in [5.41, 5.74) is 1.03. The van der Waals surface area contributed by atoms with Gasteiger partial charge in [0.1, 0.15) is 5.75 Å². The van der Waals surface area contributed by atoms with Crippen molar-refractivity contribution >= 4 is 5.91 Å². The van der Waals surface area contributed by atoms with E-state index in [4.69, 9.17) is 4.74 Å². The van der Waals surface area contributed by atoms with Crippen LogP contribution >= 0.6 is 0 Å². The molecular weight excluding hydrogens is 340 g/mol. The first-order chi connectivity index (χ1) is 12.9. The molecule has 1 aromatic carbocycles. The number of carbonyl (C=O) groups is 1. The third kappa shape index (κ3) is 5.45. The maximum Gasteiger partial charge on any atom is 0.223 e. The summed E-state index contributed by atoms with van der Waals surface area (Å²) in [5.74, 6) is 0.913. The van der Waals surface area contributed by atoms with Crippen molar-refractivity contribution in [3.05, 3.63) is 29.8 Å². The molecule has 0 saturated carbocycles. The van der Waals surface area contributed by atoms with Crippen molar-refractivity contribution < 1.29 is 14.6 Å². The summed E-state index contributed by atoms with van der Waals surface area (Å²) in [5, 5.41) is 11.0. The Morgan fingerprint density at radius 3 is 2.52 bits per heavy atom. The van der Waals surface area contributed by atoms with E-state index in [0.29, 0.717) is 31.6 Å². The number of aliphatic hydroxyl groups excluding tert-OH is 1. The second-order valence-electron chi connectivity index (χ2n) is 7.76. The van der Waals surface area contributed by atoms with Gasteiger partial charge in [-0.05, 0) is 50.8 Å². The Labute approximate surface area is 164 Å². The van der Waals surface area contributed by atoms with Gasteiger partial charge in [0, 0.05) is 31.6 Å². The van der Waals surface area contributed by atoms with Crippen LogP contribution in [0, 0.1) is 0 Å². The molecule has 1 aromatic rings. The first-order valence-corrected chi connectivity index (χ1v) is 10.3. The van der Waals surface area contributed by atoms with Crippen LogP contribution in [0.5, 0.6) is 5.75 Å². The van der Waals surface area contributed by atoms with Gasteiger partial charge in [-0.2, -0.15) is 0 Å². The highest BCUT2D eigenvalue weighted by Crippen LogP contribution is 2.26. The first-order valence-electron chi connectivity index (χ1n) is 10.3. The van der Waals surface area contributed by atoms with E-state index < -0.39 is 6.10 Å². The lowest BCUT2D eigenvalue weighted by Gasteiger charge is -2.38. The van der Waals surface area contributed by atoms with Crippen molar-refractivity contribution in [1.82, 2.24) is 9.80 Å². The van der Waals surface area contributed by atoms with E-state index in [0.717, 1.165) is 30.6 Å². The number of rotatable bonds is 10. The molecule has 1 N–H and O–H groups in total. The van der Waals surface area contributed by atoms with Crippen LogP contribution in [0.4, 0.5) is 0 Å². The fourth-order valence-electron chi connectivity index (χ4n) is 3.93. The topological polar surface area (TPSA) is 53.0 Å². The lowest BCUT2D eigenvalue weighted by Crippen LogP contribution is -2.50. The van der Waals surface area contributed by atoms with Crippen molar-refractivity contribution in [3.8, 4) is 5.75 Å². The van der Waals surface area contributed by atoms with E-state index in [9.17, 15) is 9.90 Å². The quantitative estimate of drug-likeness (QED) is 0.680. The molecule has 152 valence electrons. The summed E-state index contributed by atoms with van der Waals surface area (Å²) in [6.45, 7) is 9.92. The Balaban J connectivity index is 2.11. The standard InChI is InChI=1S/C22H36N2O3/c1-6-16(3)23(17(4)7-2)15-21(25)20-11-12-22(26)24(20)14-18-9-8-10-19(13-18)27-5/h8-10,13,16-17,20-21,25H,6-7,11-12,14-15H2,1-5H3/t16?,17?,20-,21-/m0/s1. The zero-order chi connectivity index (χ0) is 20.0. The maximum atomic E-state index is 12.5. The Hall–Kier alpha value is -1.59. The van der Waals surface area contributed by atoms with Crippen molar-refractivity contribution in [2.75, 3.05) is 13.7 Å². The number of hydrogen-bond donors (Lipinski definition) is 1. The molecule has 0 aliphatic carbocycles. The molecular formula is C22H36N2O3. The normalized spacial score (nSPS) is 20.8. The van der Waals surface area contributed by atoms with Gasteiger partial charge in [0.2, 0.25) is 5.91 Å². The predicted molar refractivity (Wildman–Crippen MR) is 109 cm³/mol. The molecule has 27 heavy (non-hydrogen) atoms. The van der Waals surface area contributed by atoms with E-state index in [1.54, 1.807) is 7.11 Å². The third-order valence-corrected chi connectivity index (χ3v) is 6.02. The molecule has 0 aromatic heterocycles. The van der Waals surface area contributed by atoms with Crippen LogP contribution in [-0.2, 0) is 11.3 Å². The number of likely N-dealkylation sites (tertiary alicyclic amines) is 1. The molecule has 2 unspecified atom stereocenters. The predicted octanol–water partition coefficient (Wildman–Crippen LogP) is 3.45. The fourth-order valence-corrected chi connectivity index (χ4v) is 3.93. The molecule has 0 bridgehead atoms. The van der Waals surface area contributed by atoms with E-state index >= 15 is 0 Å². The van der Waals surface area contributed by atoms with Gasteiger partial charge in [0.05, 0.1) is 19.3 Å². The summed E-state index contributed by atoms with van der Waals surface area (Å²) in [6, 6.07) is 8.50. The Kier molecular flexibility index (Phi) is 8.11. The summed E-state index contributed by atoms with van der Waals surface area (Å²) in [6.07, 6.45) is 2.80. The lowest BCUT2D eigenvalue weighted by molar-refractivity contribution is -0.131. The van der Waals surface area contributed by atoms with Gasteiger partial charge in [-0.3, -0.25) is 9.69 Å². The van der Waals surface area contributed by atoms with E-state index in [-0.39, 0.29) is 11.9 Å². The highest BCUT2D eigenvalue weighted by atomic mass is 16.5. The number of hydrogen-bond acceptors (Lipinski definition) is 4. The van der Waals surface area contributed by atoms with Crippen LogP contribution in [-0.4, -0.2) is 58.7 Å². The molecule has 1 fully saturated rings. The lowest BCUT2D eigenvalue weighted by atomic mass is 10.0. The van der Waals surface area contributed by atoms with Crippen molar-refractivity contribution in [3.63, 3.8) is 0 Å². The summed E-state index contributed by atoms with van der Waals surface area (Å²) >= 11 is 0. The number of ether oxygens (including phenoxy) is 1. The second-order valence-corrected chi connectivity index (χ2v) is 7.76. The number of methoxy groups -OCH3 is 1. The van der Waals surface area contributed by atoms with Crippen molar-refractivity contribution in [2.45, 2.75) is 84.2 Å². The SMILES string of the molecule is CCC(C)N(C[C@H](O)[C@@H]1CCC(=O)N1Cc1cccc(OC)c1)C(C)CC. The molecule has 5 heteroatoms. The minimum atomic E-state index is -0.537. The van der Waals surface area contributed by atoms with Gasteiger partial charge in [-0.25, -0.2) is 0 Å². The van der Waals surface area contributed by atoms with E-state index in [2.05, 4.69) is 32.6 Å². The average Bonchev–Trinajstić information content (AvgIpc) is 3.05. The minimum Gasteiger partial charge on any atom is -0.497 e. The van der Waals surface area contributed by atoms with Crippen LogP contribution in [0.1, 0.15) is 58.9 Å². The molecule has 1 heterocycles. The molecule has 0 radical (unpaired) electrons. The van der Waals surface area contributed by atoms with Gasteiger partial charge in [-0.1, -0.05) is 26.0 Å². The molecule has 2 rings (SSSR count). The van der Waals surface area contributed by atoms with E-state index in [1.165, 1.54) is 0 Å². The van der Waals surface area contributed by atoms with Gasteiger partial charge in [-0.15, -0.1) is 0 Å². The summed E-state index contributed by atoms with van der Waals surface area (Å²) < 4.78 is 5.29. The number of amides is 1. The van der Waals surface area contributed by atoms with Crippen LogP contribution in [0.2, 0.25) is 0 Å². The largest absolute Gasteiger partial charge is 0.497 e. The number of aliphatic hydroxyl groups is 1. The zero-order valence-electron chi connectivity index (χ0n) is 17.5. The number of carbonyl (C=O) groups excluding carboxylic acids is 1. The molecule has 5 nitrogen and oxygen atoms in total. The van der Waals surface area contributed by atoms with Crippen LogP contribution in [0.15, 0.2) is 24.3 Å². The first kappa shape index (κ1) is 21.7. The Bertz CT molecular complexity index is 597. The Morgan fingerprint density at radius 1 is 1.26 bits per heavy atom. The molecule has 1 aliphatic rings. The molecule has 1 saturated heterocycles. The average molecular weight is 377 g/mol. The molecule has 0 spiro atoms. The van der Waals surface area contributed by atoms with Crippen LogP contribution in [0.3, 0.4) is 0 Å². The van der Waals surface area contributed by atoms with Gasteiger partial charge in [0.25, 0.3) is 0 Å². The zero-order valence-corrected chi connectivity index (χ0v) is 17.5. The van der Waals surface area contributed by atoms with Crippen LogP contribution < -0.4 is 4.74 Å². The highest BCUT2D eigenvalue weighted by Gasteiger charge is 2.37. The molecule has 1 amide bonds. The van der Waals surface area contributed by atoms with E-state index in [1.807, 2.05) is 29.2 Å². The van der Waals surface area contributed by atoms with Crippen LogP contribution in [0.25, 0.3) is 0 Å². The van der Waals surface area contributed by atoms with Gasteiger partial charge >= 0.3 is 0 Å². The summed E-state index contributed by atoms with van der Waals surface area (Å²) in [4.78, 5) is 16.7. The van der Waals surface area contributed by atoms with Gasteiger partial charge < -0.3 is 14.7 Å². The fraction of sp³-hybridized carbons (Fsp3) is 0.682. The van der Waals surface area contributed by atoms with Crippen molar-refractivity contribution in [1.29, 1.82) is 0 Å². The smallest absolute Gasteiger partial charge is 0.223 e. The minimum absolute atomic E-state index is 0.125. The molecule has 1 aliphatic heterocycles. The van der Waals surface area contributed by atoms with Gasteiger partial charge in [0.15, 0.2) is 0 Å². The third-order valence-electron chi connectivity index (χ3n) is 6.02. The molecule has 4 atom stereocenters. The number of benzene rings is 1. The highest BCUT2D eigenvalue weighted by molar-refractivity contribution is 5.78. The van der Waals surface area contributed by atoms with Crippen molar-refractivity contribution in [2.24, 2.45) is 0 Å². The Morgan fingerprint density at radius 2 is 1.93 bits per heavy atom. The maximum absolute atomic E-state index is 12.5.